The Labute approximate surface area is 145 Å². The second-order valence-electron chi connectivity index (χ2n) is 5.89. The molecule has 4 rings (SSSR count). The fourth-order valence-electron chi connectivity index (χ4n) is 2.67. The zero-order valence-electron chi connectivity index (χ0n) is 13.9. The number of benzene rings is 2. The normalized spacial score (nSPS) is 14.6. The van der Waals surface area contributed by atoms with E-state index in [1.807, 2.05) is 55.5 Å². The van der Waals surface area contributed by atoms with Gasteiger partial charge in [0.1, 0.15) is 6.04 Å². The maximum atomic E-state index is 5.80. The van der Waals surface area contributed by atoms with Crippen LogP contribution in [0.3, 0.4) is 0 Å². The largest absolute Gasteiger partial charge is 0.490 e. The van der Waals surface area contributed by atoms with E-state index < -0.39 is 0 Å². The van der Waals surface area contributed by atoms with Crippen LogP contribution in [0.1, 0.15) is 25.3 Å². The van der Waals surface area contributed by atoms with Crippen molar-refractivity contribution in [3.8, 4) is 23.0 Å². The van der Waals surface area contributed by atoms with Crippen molar-refractivity contribution in [3.63, 3.8) is 0 Å². The summed E-state index contributed by atoms with van der Waals surface area (Å²) in [6, 6.07) is 15.4. The topological polar surface area (TPSA) is 69.4 Å². The Morgan fingerprint density at radius 2 is 1.76 bits per heavy atom. The highest BCUT2D eigenvalue weighted by Gasteiger charge is 2.16. The quantitative estimate of drug-likeness (QED) is 0.774. The molecule has 6 nitrogen and oxygen atoms in total. The van der Waals surface area contributed by atoms with E-state index in [4.69, 9.17) is 13.9 Å². The van der Waals surface area contributed by atoms with E-state index >= 15 is 0 Å². The van der Waals surface area contributed by atoms with E-state index in [1.165, 1.54) is 0 Å². The summed E-state index contributed by atoms with van der Waals surface area (Å²) in [5.41, 5.74) is 1.82. The minimum Gasteiger partial charge on any atom is -0.490 e. The van der Waals surface area contributed by atoms with Crippen LogP contribution in [0.25, 0.3) is 11.5 Å². The van der Waals surface area contributed by atoms with Crippen LogP contribution in [0.15, 0.2) is 52.9 Å². The van der Waals surface area contributed by atoms with E-state index in [2.05, 4.69) is 15.5 Å². The molecular formula is C19H19N3O3. The Bertz CT molecular complexity index is 848. The smallest absolute Gasteiger partial charge is 0.247 e. The van der Waals surface area contributed by atoms with Crippen LogP contribution in [0.4, 0.5) is 5.69 Å². The lowest BCUT2D eigenvalue weighted by atomic mass is 10.2. The monoisotopic (exact) mass is 337 g/mol. The van der Waals surface area contributed by atoms with Crippen LogP contribution >= 0.6 is 0 Å². The number of nitrogens with one attached hydrogen (secondary N) is 1. The molecule has 2 heterocycles. The van der Waals surface area contributed by atoms with E-state index in [0.717, 1.165) is 29.2 Å². The van der Waals surface area contributed by atoms with Crippen molar-refractivity contribution < 1.29 is 13.9 Å². The van der Waals surface area contributed by atoms with Crippen LogP contribution in [0.2, 0.25) is 0 Å². The number of aromatic nitrogens is 2. The predicted octanol–water partition coefficient (Wildman–Crippen LogP) is 4.07. The van der Waals surface area contributed by atoms with Crippen molar-refractivity contribution in [2.75, 3.05) is 18.5 Å². The van der Waals surface area contributed by atoms with Crippen molar-refractivity contribution in [1.82, 2.24) is 10.2 Å². The van der Waals surface area contributed by atoms with Crippen molar-refractivity contribution >= 4 is 5.69 Å². The Hall–Kier alpha value is -3.02. The lowest BCUT2D eigenvalue weighted by molar-refractivity contribution is 0.297. The van der Waals surface area contributed by atoms with E-state index in [9.17, 15) is 0 Å². The molecule has 128 valence electrons. The number of nitrogens with zero attached hydrogens (tertiary/aromatic N) is 2. The van der Waals surface area contributed by atoms with Gasteiger partial charge in [-0.3, -0.25) is 0 Å². The molecule has 0 unspecified atom stereocenters. The fraction of sp³-hybridized carbons (Fsp3) is 0.263. The molecule has 6 heteroatoms. The maximum absolute atomic E-state index is 5.80. The summed E-state index contributed by atoms with van der Waals surface area (Å²) in [7, 11) is 0. The molecule has 0 aliphatic carbocycles. The van der Waals surface area contributed by atoms with Crippen molar-refractivity contribution in [1.29, 1.82) is 0 Å². The predicted molar refractivity (Wildman–Crippen MR) is 93.8 cm³/mol. The van der Waals surface area contributed by atoms with Crippen LogP contribution < -0.4 is 14.8 Å². The summed E-state index contributed by atoms with van der Waals surface area (Å²) in [4.78, 5) is 0. The third-order valence-corrected chi connectivity index (χ3v) is 3.96. The van der Waals surface area contributed by atoms with E-state index in [-0.39, 0.29) is 6.04 Å². The van der Waals surface area contributed by atoms with E-state index in [1.54, 1.807) is 0 Å². The van der Waals surface area contributed by atoms with Gasteiger partial charge in [-0.25, -0.2) is 0 Å². The molecule has 0 bridgehead atoms. The average Bonchev–Trinajstić information content (AvgIpc) is 3.03. The van der Waals surface area contributed by atoms with Gasteiger partial charge in [0.25, 0.3) is 0 Å². The van der Waals surface area contributed by atoms with Gasteiger partial charge in [-0.15, -0.1) is 10.2 Å². The summed E-state index contributed by atoms with van der Waals surface area (Å²) >= 11 is 0. The summed E-state index contributed by atoms with van der Waals surface area (Å²) in [6.07, 6.45) is 0.887. The van der Waals surface area contributed by atoms with Crippen LogP contribution in [0, 0.1) is 0 Å². The molecular weight excluding hydrogens is 318 g/mol. The fourth-order valence-corrected chi connectivity index (χ4v) is 2.67. The van der Waals surface area contributed by atoms with Gasteiger partial charge in [-0.2, -0.15) is 0 Å². The Morgan fingerprint density at radius 1 is 0.960 bits per heavy atom. The number of ether oxygens (including phenoxy) is 2. The minimum absolute atomic E-state index is 0.130. The van der Waals surface area contributed by atoms with Crippen molar-refractivity contribution in [2.45, 2.75) is 19.4 Å². The first-order valence-electron chi connectivity index (χ1n) is 8.34. The molecule has 1 aromatic heterocycles. The number of anilines is 1. The van der Waals surface area contributed by atoms with Crippen LogP contribution in [-0.4, -0.2) is 23.4 Å². The number of hydrogen-bond acceptors (Lipinski definition) is 6. The molecule has 1 atom stereocenters. The third kappa shape index (κ3) is 3.42. The van der Waals surface area contributed by atoms with Crippen LogP contribution in [-0.2, 0) is 0 Å². The lowest BCUT2D eigenvalue weighted by Gasteiger charge is -2.14. The molecule has 0 amide bonds. The van der Waals surface area contributed by atoms with Gasteiger partial charge < -0.3 is 19.2 Å². The second kappa shape index (κ2) is 6.84. The van der Waals surface area contributed by atoms with Gasteiger partial charge in [0.15, 0.2) is 11.5 Å². The van der Waals surface area contributed by atoms with Crippen molar-refractivity contribution in [3.05, 3.63) is 54.4 Å². The molecule has 3 aromatic rings. The molecule has 25 heavy (non-hydrogen) atoms. The van der Waals surface area contributed by atoms with Gasteiger partial charge in [-0.05, 0) is 31.2 Å². The lowest BCUT2D eigenvalue weighted by Crippen LogP contribution is -2.07. The van der Waals surface area contributed by atoms with E-state index in [0.29, 0.717) is 25.0 Å². The first-order chi connectivity index (χ1) is 12.3. The van der Waals surface area contributed by atoms with Crippen molar-refractivity contribution in [2.24, 2.45) is 0 Å². The van der Waals surface area contributed by atoms with Gasteiger partial charge in [0, 0.05) is 23.7 Å². The highest BCUT2D eigenvalue weighted by atomic mass is 16.5. The molecule has 2 aromatic carbocycles. The Kier molecular flexibility index (Phi) is 4.24. The molecule has 0 saturated carbocycles. The summed E-state index contributed by atoms with van der Waals surface area (Å²) in [5.74, 6) is 2.58. The molecule has 0 radical (unpaired) electrons. The average molecular weight is 337 g/mol. The second-order valence-corrected chi connectivity index (χ2v) is 5.89. The summed E-state index contributed by atoms with van der Waals surface area (Å²) in [6.45, 7) is 3.32. The number of fused-ring (bicyclic) bond motifs is 1. The SMILES string of the molecule is C[C@@H](Nc1ccc2c(c1)OCCCO2)c1nnc(-c2ccccc2)o1. The molecule has 0 fully saturated rings. The maximum Gasteiger partial charge on any atom is 0.247 e. The highest BCUT2D eigenvalue weighted by Crippen LogP contribution is 2.33. The zero-order valence-corrected chi connectivity index (χ0v) is 13.9. The first kappa shape index (κ1) is 15.5. The van der Waals surface area contributed by atoms with Gasteiger partial charge in [-0.1, -0.05) is 18.2 Å². The Balaban J connectivity index is 1.50. The molecule has 0 spiro atoms. The molecule has 1 aliphatic heterocycles. The van der Waals surface area contributed by atoms with Gasteiger partial charge >= 0.3 is 0 Å². The van der Waals surface area contributed by atoms with Gasteiger partial charge in [0.2, 0.25) is 11.8 Å². The van der Waals surface area contributed by atoms with Gasteiger partial charge in [0.05, 0.1) is 13.2 Å². The molecule has 0 saturated heterocycles. The third-order valence-electron chi connectivity index (χ3n) is 3.96. The first-order valence-corrected chi connectivity index (χ1v) is 8.34. The summed E-state index contributed by atoms with van der Waals surface area (Å²) in [5, 5.41) is 11.6. The molecule has 1 N–H and O–H groups in total. The summed E-state index contributed by atoms with van der Waals surface area (Å²) < 4.78 is 17.2. The Morgan fingerprint density at radius 3 is 2.60 bits per heavy atom. The number of hydrogen-bond donors (Lipinski definition) is 1. The number of rotatable bonds is 4. The standard InChI is InChI=1S/C19H19N3O3/c1-13(18-21-22-19(25-18)14-6-3-2-4-7-14)20-15-8-9-16-17(12-15)24-11-5-10-23-16/h2-4,6-9,12-13,20H,5,10-11H2,1H3/t13-/m1/s1. The van der Waals surface area contributed by atoms with Crippen LogP contribution in [0.5, 0.6) is 11.5 Å². The zero-order chi connectivity index (χ0) is 17.1. The minimum atomic E-state index is -0.130. The highest BCUT2D eigenvalue weighted by molar-refractivity contribution is 5.56. The molecule has 1 aliphatic rings.